The Kier molecular flexibility index (Phi) is 4.20. The zero-order valence-corrected chi connectivity index (χ0v) is 9.79. The molecule has 0 spiro atoms. The van der Waals surface area contributed by atoms with Crippen LogP contribution in [0.15, 0.2) is 5.51 Å². The first-order valence-electron chi connectivity index (χ1n) is 5.34. The van der Waals surface area contributed by atoms with Gasteiger partial charge in [0.1, 0.15) is 5.51 Å². The molecule has 1 fully saturated rings. The highest BCUT2D eigenvalue weighted by Gasteiger charge is 2.13. The van der Waals surface area contributed by atoms with Crippen LogP contribution in [0, 0.1) is 0 Å². The summed E-state index contributed by atoms with van der Waals surface area (Å²) >= 11 is 1.33. The number of amides is 1. The van der Waals surface area contributed by atoms with Crippen LogP contribution in [0.5, 0.6) is 0 Å². The molecule has 7 heteroatoms. The molecule has 2 heterocycles. The van der Waals surface area contributed by atoms with Gasteiger partial charge in [-0.3, -0.25) is 15.0 Å². The van der Waals surface area contributed by atoms with E-state index in [0.717, 1.165) is 32.6 Å². The summed E-state index contributed by atoms with van der Waals surface area (Å²) in [5.74, 6) is -0.0151. The second-order valence-corrected chi connectivity index (χ2v) is 4.50. The molecule has 2 N–H and O–H groups in total. The number of carbonyl (C=O) groups is 1. The fraction of sp³-hybridized carbons (Fsp3) is 0.667. The molecular weight excluding hydrogens is 226 g/mol. The summed E-state index contributed by atoms with van der Waals surface area (Å²) in [6.45, 7) is 4.31. The van der Waals surface area contributed by atoms with Crippen LogP contribution in [0.25, 0.3) is 0 Å². The third kappa shape index (κ3) is 3.51. The van der Waals surface area contributed by atoms with Crippen molar-refractivity contribution in [1.29, 1.82) is 0 Å². The quantitative estimate of drug-likeness (QED) is 0.765. The molecule has 16 heavy (non-hydrogen) atoms. The molecule has 0 aromatic carbocycles. The minimum Gasteiger partial charge on any atom is -0.315 e. The Hall–Kier alpha value is -1.05. The van der Waals surface area contributed by atoms with Crippen LogP contribution in [-0.4, -0.2) is 53.7 Å². The molecule has 1 aromatic rings. The lowest BCUT2D eigenvalue weighted by Crippen LogP contribution is -2.35. The first-order chi connectivity index (χ1) is 7.84. The van der Waals surface area contributed by atoms with Gasteiger partial charge in [-0.1, -0.05) is 11.3 Å². The monoisotopic (exact) mass is 241 g/mol. The molecule has 0 bridgehead atoms. The average Bonchev–Trinajstić information content (AvgIpc) is 2.62. The molecule has 0 unspecified atom stereocenters. The van der Waals surface area contributed by atoms with Gasteiger partial charge in [-0.05, 0) is 19.5 Å². The number of hydrogen-bond acceptors (Lipinski definition) is 6. The minimum absolute atomic E-state index is 0.0151. The highest BCUT2D eigenvalue weighted by atomic mass is 32.1. The number of carbonyl (C=O) groups excluding carboxylic acids is 1. The van der Waals surface area contributed by atoms with Gasteiger partial charge in [0, 0.05) is 13.1 Å². The number of anilines is 1. The van der Waals surface area contributed by atoms with Gasteiger partial charge in [-0.25, -0.2) is 0 Å². The molecule has 0 saturated carbocycles. The first kappa shape index (κ1) is 11.4. The summed E-state index contributed by atoms with van der Waals surface area (Å²) in [7, 11) is 0. The largest absolute Gasteiger partial charge is 0.315 e. The summed E-state index contributed by atoms with van der Waals surface area (Å²) in [5.41, 5.74) is 1.60. The zero-order chi connectivity index (χ0) is 11.2. The second-order valence-electron chi connectivity index (χ2n) is 3.67. The van der Waals surface area contributed by atoms with Gasteiger partial charge >= 0.3 is 0 Å². The highest BCUT2D eigenvalue weighted by molar-refractivity contribution is 7.13. The SMILES string of the molecule is O=C(CN1CCCNCC1)Nc1nncs1. The molecule has 1 aliphatic heterocycles. The standard InChI is InChI=1S/C9H15N5OS/c15-8(12-9-13-11-7-16-9)6-14-4-1-2-10-3-5-14/h7,10H,1-6H2,(H,12,13,15). The molecular formula is C9H15N5OS. The van der Waals surface area contributed by atoms with E-state index < -0.39 is 0 Å². The summed E-state index contributed by atoms with van der Waals surface area (Å²) in [6.07, 6.45) is 1.09. The van der Waals surface area contributed by atoms with Gasteiger partial charge in [0.05, 0.1) is 6.54 Å². The van der Waals surface area contributed by atoms with Crippen molar-refractivity contribution in [1.82, 2.24) is 20.4 Å². The van der Waals surface area contributed by atoms with Gasteiger partial charge in [0.15, 0.2) is 0 Å². The molecule has 1 aliphatic rings. The Balaban J connectivity index is 1.77. The van der Waals surface area contributed by atoms with Crippen LogP contribution in [0.1, 0.15) is 6.42 Å². The smallest absolute Gasteiger partial charge is 0.240 e. The van der Waals surface area contributed by atoms with E-state index in [2.05, 4.69) is 25.7 Å². The zero-order valence-electron chi connectivity index (χ0n) is 8.98. The van der Waals surface area contributed by atoms with E-state index in [1.807, 2.05) is 0 Å². The maximum atomic E-state index is 11.7. The molecule has 2 rings (SSSR count). The van der Waals surface area contributed by atoms with Crippen molar-refractivity contribution in [2.75, 3.05) is 38.0 Å². The summed E-state index contributed by atoms with van der Waals surface area (Å²) in [6, 6.07) is 0. The Morgan fingerprint density at radius 3 is 3.31 bits per heavy atom. The van der Waals surface area contributed by atoms with Crippen molar-refractivity contribution in [3.05, 3.63) is 5.51 Å². The van der Waals surface area contributed by atoms with Crippen LogP contribution in [0.3, 0.4) is 0 Å². The summed E-state index contributed by atoms with van der Waals surface area (Å²) in [5, 5.41) is 14.0. The number of aromatic nitrogens is 2. The Morgan fingerprint density at radius 1 is 1.56 bits per heavy atom. The fourth-order valence-electron chi connectivity index (χ4n) is 1.65. The van der Waals surface area contributed by atoms with Crippen molar-refractivity contribution in [2.24, 2.45) is 0 Å². The molecule has 1 saturated heterocycles. The fourth-order valence-corrected chi connectivity index (χ4v) is 2.11. The van der Waals surface area contributed by atoms with Crippen LogP contribution >= 0.6 is 11.3 Å². The van der Waals surface area contributed by atoms with Crippen LogP contribution in [0.4, 0.5) is 5.13 Å². The topological polar surface area (TPSA) is 70.2 Å². The van der Waals surface area contributed by atoms with Crippen LogP contribution < -0.4 is 10.6 Å². The Bertz CT molecular complexity index is 321. The van der Waals surface area contributed by atoms with Crippen molar-refractivity contribution >= 4 is 22.4 Å². The maximum Gasteiger partial charge on any atom is 0.240 e. The predicted octanol–water partition coefficient (Wildman–Crippen LogP) is -0.228. The van der Waals surface area contributed by atoms with E-state index in [1.54, 1.807) is 5.51 Å². The van der Waals surface area contributed by atoms with E-state index in [-0.39, 0.29) is 5.91 Å². The molecule has 1 aromatic heterocycles. The molecule has 0 aliphatic carbocycles. The van der Waals surface area contributed by atoms with Gasteiger partial charge in [0.2, 0.25) is 11.0 Å². The van der Waals surface area contributed by atoms with Gasteiger partial charge < -0.3 is 5.32 Å². The first-order valence-corrected chi connectivity index (χ1v) is 6.21. The normalized spacial score (nSPS) is 18.0. The van der Waals surface area contributed by atoms with Gasteiger partial charge in [0.25, 0.3) is 0 Å². The lowest BCUT2D eigenvalue weighted by atomic mass is 10.4. The van der Waals surface area contributed by atoms with Gasteiger partial charge in [-0.15, -0.1) is 10.2 Å². The highest BCUT2D eigenvalue weighted by Crippen LogP contribution is 2.07. The van der Waals surface area contributed by atoms with Crippen molar-refractivity contribution < 1.29 is 4.79 Å². The average molecular weight is 241 g/mol. The van der Waals surface area contributed by atoms with Crippen molar-refractivity contribution in [3.8, 4) is 0 Å². The molecule has 6 nitrogen and oxygen atoms in total. The van der Waals surface area contributed by atoms with E-state index in [4.69, 9.17) is 0 Å². The van der Waals surface area contributed by atoms with E-state index in [0.29, 0.717) is 11.7 Å². The molecule has 1 amide bonds. The summed E-state index contributed by atoms with van der Waals surface area (Å²) < 4.78 is 0. The summed E-state index contributed by atoms with van der Waals surface area (Å²) in [4.78, 5) is 13.8. The van der Waals surface area contributed by atoms with E-state index in [1.165, 1.54) is 11.3 Å². The maximum absolute atomic E-state index is 11.7. The third-order valence-corrected chi connectivity index (χ3v) is 3.01. The van der Waals surface area contributed by atoms with Gasteiger partial charge in [-0.2, -0.15) is 0 Å². The third-order valence-electron chi connectivity index (χ3n) is 2.41. The van der Waals surface area contributed by atoms with Crippen molar-refractivity contribution in [2.45, 2.75) is 6.42 Å². The predicted molar refractivity (Wildman–Crippen MR) is 62.5 cm³/mol. The number of nitrogens with zero attached hydrogens (tertiary/aromatic N) is 3. The molecule has 0 radical (unpaired) electrons. The Morgan fingerprint density at radius 2 is 2.50 bits per heavy atom. The van der Waals surface area contributed by atoms with Crippen molar-refractivity contribution in [3.63, 3.8) is 0 Å². The number of rotatable bonds is 3. The van der Waals surface area contributed by atoms with Crippen LogP contribution in [-0.2, 0) is 4.79 Å². The second kappa shape index (κ2) is 5.88. The number of hydrogen-bond donors (Lipinski definition) is 2. The molecule has 88 valence electrons. The molecule has 0 atom stereocenters. The number of nitrogens with one attached hydrogen (secondary N) is 2. The lowest BCUT2D eigenvalue weighted by Gasteiger charge is -2.17. The van der Waals surface area contributed by atoms with E-state index >= 15 is 0 Å². The van der Waals surface area contributed by atoms with E-state index in [9.17, 15) is 4.79 Å². The lowest BCUT2D eigenvalue weighted by molar-refractivity contribution is -0.117. The van der Waals surface area contributed by atoms with Crippen LogP contribution in [0.2, 0.25) is 0 Å². The Labute approximate surface area is 98.0 Å². The minimum atomic E-state index is -0.0151.